The number of nitrogens with zero attached hydrogens (tertiary/aromatic N) is 1. The Bertz CT molecular complexity index is 377. The zero-order valence-electron chi connectivity index (χ0n) is 9.78. The van der Waals surface area contributed by atoms with Gasteiger partial charge in [0, 0.05) is 11.3 Å². The molecule has 0 bridgehead atoms. The fourth-order valence-electron chi connectivity index (χ4n) is 1.05. The van der Waals surface area contributed by atoms with Crippen LogP contribution in [0.15, 0.2) is 18.2 Å². The average Bonchev–Trinajstić information content (AvgIpc) is 2.27. The lowest BCUT2D eigenvalue weighted by atomic mass is 10.2. The Morgan fingerprint density at radius 3 is 2.81 bits per heavy atom. The summed E-state index contributed by atoms with van der Waals surface area (Å²) in [6, 6.07) is 5.63. The van der Waals surface area contributed by atoms with Gasteiger partial charge in [0.1, 0.15) is 10.8 Å². The van der Waals surface area contributed by atoms with Gasteiger partial charge in [0.15, 0.2) is 0 Å². The largest absolute Gasteiger partial charge is 0.388 e. The molecule has 0 aliphatic carbocycles. The van der Waals surface area contributed by atoms with E-state index in [0.29, 0.717) is 10.7 Å². The molecule has 0 amide bonds. The summed E-state index contributed by atoms with van der Waals surface area (Å²) >= 11 is 6.70. The zero-order chi connectivity index (χ0) is 12.2. The fraction of sp³-hybridized carbons (Fsp3) is 0.455. The number of hydrogen-bond donors (Lipinski definition) is 2. The van der Waals surface area contributed by atoms with Crippen molar-refractivity contribution < 1.29 is 0 Å². The van der Waals surface area contributed by atoms with Crippen molar-refractivity contribution in [1.82, 2.24) is 4.98 Å². The number of thiocarbonyl (C=S) groups is 1. The Labute approximate surface area is 106 Å². The number of nitrogens with one attached hydrogen (secondary N) is 1. The van der Waals surface area contributed by atoms with Gasteiger partial charge in [0.05, 0.1) is 5.69 Å². The molecule has 0 unspecified atom stereocenters. The third-order valence-corrected chi connectivity index (χ3v) is 3.71. The maximum atomic E-state index is 5.53. The highest BCUT2D eigenvalue weighted by molar-refractivity contribution is 7.99. The van der Waals surface area contributed by atoms with Gasteiger partial charge >= 0.3 is 0 Å². The van der Waals surface area contributed by atoms with Crippen molar-refractivity contribution in [1.29, 1.82) is 0 Å². The van der Waals surface area contributed by atoms with Crippen LogP contribution >= 0.6 is 24.0 Å². The van der Waals surface area contributed by atoms with E-state index in [-0.39, 0.29) is 4.75 Å². The summed E-state index contributed by atoms with van der Waals surface area (Å²) in [7, 11) is 0. The van der Waals surface area contributed by atoms with E-state index in [4.69, 9.17) is 18.0 Å². The standard InChI is InChI=1S/C11H17N3S2/c1-11(2,16-3)7-13-9-6-4-5-8(14-9)10(12)15/h4-6H,7H2,1-3H3,(H2,12,15)(H,13,14). The highest BCUT2D eigenvalue weighted by Gasteiger charge is 2.15. The molecule has 5 heteroatoms. The van der Waals surface area contributed by atoms with Gasteiger partial charge < -0.3 is 11.1 Å². The molecule has 0 fully saturated rings. The molecule has 0 aliphatic rings. The number of anilines is 1. The first-order chi connectivity index (χ1) is 7.44. The molecular weight excluding hydrogens is 238 g/mol. The molecule has 88 valence electrons. The van der Waals surface area contributed by atoms with Crippen molar-refractivity contribution in [2.75, 3.05) is 18.1 Å². The third-order valence-electron chi connectivity index (χ3n) is 2.25. The van der Waals surface area contributed by atoms with E-state index in [0.717, 1.165) is 12.4 Å². The first kappa shape index (κ1) is 13.3. The summed E-state index contributed by atoms with van der Waals surface area (Å²) in [4.78, 5) is 4.65. The van der Waals surface area contributed by atoms with Crippen LogP contribution in [0.4, 0.5) is 5.82 Å². The minimum absolute atomic E-state index is 0.181. The van der Waals surface area contributed by atoms with E-state index in [1.807, 2.05) is 30.0 Å². The average molecular weight is 255 g/mol. The molecule has 1 rings (SSSR count). The highest BCUT2D eigenvalue weighted by Crippen LogP contribution is 2.21. The Hall–Kier alpha value is -0.810. The van der Waals surface area contributed by atoms with Crippen LogP contribution in [0.5, 0.6) is 0 Å². The first-order valence-corrected chi connectivity index (χ1v) is 6.64. The van der Waals surface area contributed by atoms with E-state index >= 15 is 0 Å². The van der Waals surface area contributed by atoms with E-state index in [1.165, 1.54) is 0 Å². The number of nitrogens with two attached hydrogens (primary N) is 1. The Kier molecular flexibility index (Phi) is 4.56. The molecule has 3 N–H and O–H groups in total. The summed E-state index contributed by atoms with van der Waals surface area (Å²) in [5.41, 5.74) is 6.18. The van der Waals surface area contributed by atoms with Crippen LogP contribution in [0.1, 0.15) is 19.5 Å². The molecule has 0 aliphatic heterocycles. The second-order valence-electron chi connectivity index (χ2n) is 4.09. The van der Waals surface area contributed by atoms with Gasteiger partial charge in [0.25, 0.3) is 0 Å². The van der Waals surface area contributed by atoms with E-state index in [9.17, 15) is 0 Å². The van der Waals surface area contributed by atoms with Gasteiger partial charge in [-0.2, -0.15) is 11.8 Å². The summed E-state index contributed by atoms with van der Waals surface area (Å²) in [5.74, 6) is 0.812. The lowest BCUT2D eigenvalue weighted by molar-refractivity contribution is 0.750. The van der Waals surface area contributed by atoms with Gasteiger partial charge in [-0.25, -0.2) is 4.98 Å². The van der Waals surface area contributed by atoms with Crippen LogP contribution in [0.25, 0.3) is 0 Å². The SMILES string of the molecule is CSC(C)(C)CNc1cccc(C(N)=S)n1. The van der Waals surface area contributed by atoms with Crippen LogP contribution in [0, 0.1) is 0 Å². The van der Waals surface area contributed by atoms with Crippen LogP contribution in [0.3, 0.4) is 0 Å². The Morgan fingerprint density at radius 1 is 1.56 bits per heavy atom. The second kappa shape index (κ2) is 5.50. The maximum Gasteiger partial charge on any atom is 0.126 e. The lowest BCUT2D eigenvalue weighted by Crippen LogP contribution is -2.26. The normalized spacial score (nSPS) is 11.2. The fourth-order valence-corrected chi connectivity index (χ4v) is 1.38. The molecule has 0 saturated carbocycles. The minimum Gasteiger partial charge on any atom is -0.388 e. The number of pyridine rings is 1. The second-order valence-corrected chi connectivity index (χ2v) is 6.04. The maximum absolute atomic E-state index is 5.53. The molecule has 0 radical (unpaired) electrons. The molecule has 1 heterocycles. The van der Waals surface area contributed by atoms with Gasteiger partial charge in [-0.1, -0.05) is 18.3 Å². The van der Waals surface area contributed by atoms with Crippen LogP contribution in [0.2, 0.25) is 0 Å². The quantitative estimate of drug-likeness (QED) is 0.791. The van der Waals surface area contributed by atoms with E-state index in [1.54, 1.807) is 0 Å². The number of thioether (sulfide) groups is 1. The van der Waals surface area contributed by atoms with E-state index < -0.39 is 0 Å². The monoisotopic (exact) mass is 255 g/mol. The number of rotatable bonds is 5. The molecule has 0 atom stereocenters. The predicted octanol–water partition coefficient (Wildman–Crippen LogP) is 2.27. The Morgan fingerprint density at radius 2 is 2.25 bits per heavy atom. The molecule has 0 spiro atoms. The van der Waals surface area contributed by atoms with Crippen LogP contribution in [-0.2, 0) is 0 Å². The van der Waals surface area contributed by atoms with Gasteiger partial charge in [0.2, 0.25) is 0 Å². The van der Waals surface area contributed by atoms with Crippen molar-refractivity contribution >= 4 is 34.8 Å². The Balaban J connectivity index is 2.68. The van der Waals surface area contributed by atoms with Crippen molar-refractivity contribution in [2.24, 2.45) is 5.73 Å². The smallest absolute Gasteiger partial charge is 0.126 e. The van der Waals surface area contributed by atoms with Crippen molar-refractivity contribution in [3.05, 3.63) is 23.9 Å². The van der Waals surface area contributed by atoms with Gasteiger partial charge in [-0.3, -0.25) is 0 Å². The molecule has 3 nitrogen and oxygen atoms in total. The van der Waals surface area contributed by atoms with Crippen LogP contribution in [-0.4, -0.2) is 27.5 Å². The molecule has 0 aromatic carbocycles. The van der Waals surface area contributed by atoms with Crippen molar-refractivity contribution in [3.8, 4) is 0 Å². The minimum atomic E-state index is 0.181. The molecule has 1 aromatic heterocycles. The number of hydrogen-bond acceptors (Lipinski definition) is 4. The zero-order valence-corrected chi connectivity index (χ0v) is 11.4. The van der Waals surface area contributed by atoms with Crippen molar-refractivity contribution in [2.45, 2.75) is 18.6 Å². The highest BCUT2D eigenvalue weighted by atomic mass is 32.2. The van der Waals surface area contributed by atoms with Crippen LogP contribution < -0.4 is 11.1 Å². The third kappa shape index (κ3) is 3.98. The molecule has 16 heavy (non-hydrogen) atoms. The van der Waals surface area contributed by atoms with Gasteiger partial charge in [-0.05, 0) is 32.2 Å². The lowest BCUT2D eigenvalue weighted by Gasteiger charge is -2.22. The van der Waals surface area contributed by atoms with E-state index in [2.05, 4.69) is 30.4 Å². The number of aromatic nitrogens is 1. The van der Waals surface area contributed by atoms with Gasteiger partial charge in [-0.15, -0.1) is 0 Å². The molecular formula is C11H17N3S2. The summed E-state index contributed by atoms with van der Waals surface area (Å²) in [6.45, 7) is 5.21. The van der Waals surface area contributed by atoms with Crippen molar-refractivity contribution in [3.63, 3.8) is 0 Å². The first-order valence-electron chi connectivity index (χ1n) is 5.00. The predicted molar refractivity (Wildman–Crippen MR) is 76.2 cm³/mol. The molecule has 1 aromatic rings. The molecule has 0 saturated heterocycles. The summed E-state index contributed by atoms with van der Waals surface area (Å²) in [5, 5.41) is 3.28. The summed E-state index contributed by atoms with van der Waals surface area (Å²) in [6.07, 6.45) is 2.10. The summed E-state index contributed by atoms with van der Waals surface area (Å²) < 4.78 is 0.181. The topological polar surface area (TPSA) is 50.9 Å².